The van der Waals surface area contributed by atoms with Gasteiger partial charge in [-0.3, -0.25) is 9.69 Å². The quantitative estimate of drug-likeness (QED) is 0.468. The van der Waals surface area contributed by atoms with E-state index in [0.717, 1.165) is 24.3 Å². The number of carbonyl (C=O) groups excluding carboxylic acids is 1. The highest BCUT2D eigenvalue weighted by atomic mass is 16.5. The lowest BCUT2D eigenvalue weighted by Crippen LogP contribution is -2.48. The molecule has 9 nitrogen and oxygen atoms in total. The Labute approximate surface area is 191 Å². The van der Waals surface area contributed by atoms with Gasteiger partial charge in [-0.05, 0) is 26.0 Å². The average molecular weight is 444 g/mol. The van der Waals surface area contributed by atoms with Crippen molar-refractivity contribution in [2.24, 2.45) is 0 Å². The molecule has 0 bridgehead atoms. The maximum Gasteiger partial charge on any atom is 0.276 e. The molecule has 0 saturated carbocycles. The first-order valence-corrected chi connectivity index (χ1v) is 11.0. The number of aryl methyl sites for hydroxylation is 2. The van der Waals surface area contributed by atoms with Crippen LogP contribution in [0.5, 0.6) is 0 Å². The third kappa shape index (κ3) is 4.68. The van der Waals surface area contributed by atoms with E-state index in [1.54, 1.807) is 10.9 Å². The summed E-state index contributed by atoms with van der Waals surface area (Å²) in [6.07, 6.45) is 1.68. The van der Waals surface area contributed by atoms with E-state index in [4.69, 9.17) is 4.52 Å². The molecule has 0 unspecified atom stereocenters. The number of benzene rings is 2. The number of aromatic nitrogens is 5. The van der Waals surface area contributed by atoms with Gasteiger partial charge < -0.3 is 9.42 Å². The Morgan fingerprint density at radius 3 is 2.30 bits per heavy atom. The van der Waals surface area contributed by atoms with Crippen LogP contribution in [0.3, 0.4) is 0 Å². The number of amides is 1. The first-order valence-electron chi connectivity index (χ1n) is 11.0. The van der Waals surface area contributed by atoms with Gasteiger partial charge >= 0.3 is 0 Å². The molecule has 2 aromatic heterocycles. The topological polar surface area (TPSA) is 93.2 Å². The molecule has 0 atom stereocenters. The molecular weight excluding hydrogens is 418 g/mol. The molecule has 1 amide bonds. The molecule has 1 fully saturated rings. The monoisotopic (exact) mass is 443 g/mol. The van der Waals surface area contributed by atoms with Crippen LogP contribution in [0.4, 0.5) is 0 Å². The maximum atomic E-state index is 12.9. The smallest absolute Gasteiger partial charge is 0.276 e. The van der Waals surface area contributed by atoms with Gasteiger partial charge in [0.05, 0.1) is 18.4 Å². The zero-order valence-electron chi connectivity index (χ0n) is 18.7. The zero-order chi connectivity index (χ0) is 22.8. The molecule has 0 N–H and O–H groups in total. The summed E-state index contributed by atoms with van der Waals surface area (Å²) in [4.78, 5) is 21.4. The van der Waals surface area contributed by atoms with Crippen molar-refractivity contribution in [3.8, 4) is 17.1 Å². The summed E-state index contributed by atoms with van der Waals surface area (Å²) in [6, 6.07) is 16.0. The van der Waals surface area contributed by atoms with Gasteiger partial charge in [-0.15, -0.1) is 5.10 Å². The molecule has 5 rings (SSSR count). The molecule has 0 radical (unpaired) electrons. The first-order chi connectivity index (χ1) is 16.0. The van der Waals surface area contributed by atoms with Crippen LogP contribution >= 0.6 is 0 Å². The molecule has 9 heteroatoms. The number of nitrogens with zero attached hydrogens (tertiary/aromatic N) is 7. The van der Waals surface area contributed by atoms with Gasteiger partial charge in [0.25, 0.3) is 5.91 Å². The standard InChI is InChI=1S/C24H25N7O2/c1-17-3-7-19(8-4-17)23-25-22(33-27-23)16-29-11-13-30(14-12-29)24(32)21-15-31(28-26-21)20-9-5-18(2)6-10-20/h3-10,15H,11-14,16H2,1-2H3. The minimum Gasteiger partial charge on any atom is -0.338 e. The Morgan fingerprint density at radius 1 is 0.939 bits per heavy atom. The van der Waals surface area contributed by atoms with E-state index in [2.05, 4.69) is 25.4 Å². The Hall–Kier alpha value is -3.85. The number of piperazine rings is 1. The highest BCUT2D eigenvalue weighted by Crippen LogP contribution is 2.18. The van der Waals surface area contributed by atoms with Crippen molar-refractivity contribution in [2.45, 2.75) is 20.4 Å². The fourth-order valence-electron chi connectivity index (χ4n) is 3.79. The third-order valence-electron chi connectivity index (χ3n) is 5.81. The van der Waals surface area contributed by atoms with Crippen molar-refractivity contribution in [1.29, 1.82) is 0 Å². The largest absolute Gasteiger partial charge is 0.338 e. The Kier molecular flexibility index (Phi) is 5.70. The summed E-state index contributed by atoms with van der Waals surface area (Å²) in [6.45, 7) is 7.29. The van der Waals surface area contributed by atoms with E-state index in [0.29, 0.717) is 37.0 Å². The van der Waals surface area contributed by atoms with E-state index in [-0.39, 0.29) is 5.91 Å². The minimum atomic E-state index is -0.104. The normalized spacial score (nSPS) is 14.5. The minimum absolute atomic E-state index is 0.104. The molecule has 1 saturated heterocycles. The molecule has 0 aliphatic carbocycles. The maximum absolute atomic E-state index is 12.9. The van der Waals surface area contributed by atoms with Gasteiger partial charge in [-0.1, -0.05) is 57.9 Å². The highest BCUT2D eigenvalue weighted by Gasteiger charge is 2.25. The highest BCUT2D eigenvalue weighted by molar-refractivity contribution is 5.92. The molecule has 1 aliphatic rings. The van der Waals surface area contributed by atoms with Crippen LogP contribution in [0.1, 0.15) is 27.5 Å². The van der Waals surface area contributed by atoms with E-state index in [1.807, 2.05) is 67.3 Å². The van der Waals surface area contributed by atoms with Gasteiger partial charge in [0.2, 0.25) is 11.7 Å². The average Bonchev–Trinajstić information content (AvgIpc) is 3.51. The third-order valence-corrected chi connectivity index (χ3v) is 5.81. The molecule has 3 heterocycles. The molecule has 168 valence electrons. The summed E-state index contributed by atoms with van der Waals surface area (Å²) < 4.78 is 7.07. The number of carbonyl (C=O) groups is 1. The van der Waals surface area contributed by atoms with E-state index < -0.39 is 0 Å². The molecule has 2 aromatic carbocycles. The number of hydrogen-bond donors (Lipinski definition) is 0. The van der Waals surface area contributed by atoms with E-state index >= 15 is 0 Å². The van der Waals surface area contributed by atoms with Crippen LogP contribution in [0.25, 0.3) is 17.1 Å². The lowest BCUT2D eigenvalue weighted by molar-refractivity contribution is 0.0609. The summed E-state index contributed by atoms with van der Waals surface area (Å²) in [5.41, 5.74) is 4.52. The van der Waals surface area contributed by atoms with Crippen LogP contribution in [-0.2, 0) is 6.54 Å². The fourth-order valence-corrected chi connectivity index (χ4v) is 3.79. The van der Waals surface area contributed by atoms with Crippen LogP contribution in [0.2, 0.25) is 0 Å². The Balaban J connectivity index is 1.16. The lowest BCUT2D eigenvalue weighted by atomic mass is 10.1. The molecule has 1 aliphatic heterocycles. The van der Waals surface area contributed by atoms with Crippen molar-refractivity contribution < 1.29 is 9.32 Å². The van der Waals surface area contributed by atoms with Gasteiger partial charge in [-0.25, -0.2) is 4.68 Å². The summed E-state index contributed by atoms with van der Waals surface area (Å²) in [5.74, 6) is 1.06. The lowest BCUT2D eigenvalue weighted by Gasteiger charge is -2.33. The van der Waals surface area contributed by atoms with Crippen LogP contribution in [0, 0.1) is 13.8 Å². The van der Waals surface area contributed by atoms with Crippen molar-refractivity contribution >= 4 is 5.91 Å². The second-order valence-electron chi connectivity index (χ2n) is 8.33. The summed E-state index contributed by atoms with van der Waals surface area (Å²) >= 11 is 0. The number of hydrogen-bond acceptors (Lipinski definition) is 7. The first kappa shape index (κ1) is 21.0. The Morgan fingerprint density at radius 2 is 1.61 bits per heavy atom. The second-order valence-corrected chi connectivity index (χ2v) is 8.33. The second kappa shape index (κ2) is 8.95. The van der Waals surface area contributed by atoms with Crippen LogP contribution in [0.15, 0.2) is 59.3 Å². The van der Waals surface area contributed by atoms with E-state index in [9.17, 15) is 4.79 Å². The Bertz CT molecular complexity index is 1240. The molecule has 4 aromatic rings. The summed E-state index contributed by atoms with van der Waals surface area (Å²) in [5, 5.41) is 12.3. The molecular formula is C24H25N7O2. The predicted octanol–water partition coefficient (Wildman–Crippen LogP) is 2.89. The number of rotatable bonds is 5. The van der Waals surface area contributed by atoms with Crippen molar-refractivity contribution in [3.63, 3.8) is 0 Å². The predicted molar refractivity (Wildman–Crippen MR) is 122 cm³/mol. The van der Waals surface area contributed by atoms with Crippen LogP contribution < -0.4 is 0 Å². The van der Waals surface area contributed by atoms with Crippen LogP contribution in [-0.4, -0.2) is 67.0 Å². The van der Waals surface area contributed by atoms with Gasteiger partial charge in [0.1, 0.15) is 0 Å². The van der Waals surface area contributed by atoms with Crippen molar-refractivity contribution in [1.82, 2.24) is 34.9 Å². The fraction of sp³-hybridized carbons (Fsp3) is 0.292. The zero-order valence-corrected chi connectivity index (χ0v) is 18.7. The molecule has 0 spiro atoms. The van der Waals surface area contributed by atoms with E-state index in [1.165, 1.54) is 11.1 Å². The molecule has 33 heavy (non-hydrogen) atoms. The SMILES string of the molecule is Cc1ccc(-c2noc(CN3CCN(C(=O)c4cn(-c5ccc(C)cc5)nn4)CC3)n2)cc1. The summed E-state index contributed by atoms with van der Waals surface area (Å²) in [7, 11) is 0. The van der Waals surface area contributed by atoms with Gasteiger partial charge in [0, 0.05) is 31.7 Å². The van der Waals surface area contributed by atoms with Gasteiger partial charge in [0.15, 0.2) is 5.69 Å². The van der Waals surface area contributed by atoms with Gasteiger partial charge in [-0.2, -0.15) is 4.98 Å². The van der Waals surface area contributed by atoms with Crippen molar-refractivity contribution in [2.75, 3.05) is 26.2 Å². The van der Waals surface area contributed by atoms with Crippen molar-refractivity contribution in [3.05, 3.63) is 77.4 Å².